The highest BCUT2D eigenvalue weighted by atomic mass is 32.1. The van der Waals surface area contributed by atoms with Gasteiger partial charge in [-0.3, -0.25) is 4.90 Å². The predicted molar refractivity (Wildman–Crippen MR) is 88.0 cm³/mol. The monoisotopic (exact) mass is 314 g/mol. The van der Waals surface area contributed by atoms with Crippen LogP contribution in [0.2, 0.25) is 0 Å². The number of rotatable bonds is 8. The van der Waals surface area contributed by atoms with Gasteiger partial charge in [-0.1, -0.05) is 0 Å². The van der Waals surface area contributed by atoms with E-state index in [4.69, 9.17) is 10.5 Å². The first kappa shape index (κ1) is 17.7. The Hall–Kier alpha value is -1.34. The molecule has 0 saturated carbocycles. The van der Waals surface area contributed by atoms with Crippen molar-refractivity contribution >= 4 is 28.3 Å². The fourth-order valence-electron chi connectivity index (χ4n) is 2.23. The molecule has 0 atom stereocenters. The van der Waals surface area contributed by atoms with Gasteiger partial charge in [-0.05, 0) is 46.2 Å². The molecule has 0 aliphatic rings. The number of hydrogen-bond donors (Lipinski definition) is 2. The van der Waals surface area contributed by atoms with Crippen LogP contribution in [0, 0.1) is 0 Å². The van der Waals surface area contributed by atoms with Crippen molar-refractivity contribution in [3.8, 4) is 0 Å². The van der Waals surface area contributed by atoms with Crippen LogP contribution >= 0.6 is 11.5 Å². The molecular formula is C14H26N4O2S. The number of esters is 1. The highest BCUT2D eigenvalue weighted by Crippen LogP contribution is 2.27. The Balaban J connectivity index is 2.66. The molecule has 21 heavy (non-hydrogen) atoms. The minimum Gasteiger partial charge on any atom is -0.462 e. The number of carbonyl (C=O) groups is 1. The summed E-state index contributed by atoms with van der Waals surface area (Å²) in [4.78, 5) is 14.3. The summed E-state index contributed by atoms with van der Waals surface area (Å²) in [5.74, 6) is -0.193. The third-order valence-corrected chi connectivity index (χ3v) is 4.00. The van der Waals surface area contributed by atoms with Crippen molar-refractivity contribution in [2.45, 2.75) is 46.7 Å². The van der Waals surface area contributed by atoms with Gasteiger partial charge in [-0.25, -0.2) is 4.79 Å². The number of ether oxygens (including phenoxy) is 1. The Morgan fingerprint density at radius 2 is 2.00 bits per heavy atom. The second-order valence-corrected chi connectivity index (χ2v) is 6.12. The fraction of sp³-hybridized carbons (Fsp3) is 0.714. The average Bonchev–Trinajstić information content (AvgIpc) is 2.75. The van der Waals surface area contributed by atoms with Crippen LogP contribution in [0.4, 0.5) is 10.8 Å². The molecule has 0 unspecified atom stereocenters. The molecule has 0 spiro atoms. The Morgan fingerprint density at radius 3 is 2.52 bits per heavy atom. The van der Waals surface area contributed by atoms with Crippen molar-refractivity contribution in [3.63, 3.8) is 0 Å². The van der Waals surface area contributed by atoms with E-state index in [1.165, 1.54) is 11.5 Å². The maximum atomic E-state index is 11.9. The van der Waals surface area contributed by atoms with Crippen LogP contribution in [0.5, 0.6) is 0 Å². The quantitative estimate of drug-likeness (QED) is 0.717. The first-order valence-electron chi connectivity index (χ1n) is 7.30. The average molecular weight is 314 g/mol. The number of nitrogens with zero attached hydrogens (tertiary/aromatic N) is 2. The molecule has 0 aromatic carbocycles. The van der Waals surface area contributed by atoms with E-state index in [-0.39, 0.29) is 5.82 Å². The van der Waals surface area contributed by atoms with Crippen LogP contribution in [-0.2, 0) is 4.74 Å². The van der Waals surface area contributed by atoms with Crippen molar-refractivity contribution < 1.29 is 9.53 Å². The minimum absolute atomic E-state index is 0.227. The lowest BCUT2D eigenvalue weighted by molar-refractivity contribution is 0.0529. The molecule has 120 valence electrons. The summed E-state index contributed by atoms with van der Waals surface area (Å²) in [7, 11) is 0. The molecule has 0 saturated heterocycles. The maximum Gasteiger partial charge on any atom is 0.344 e. The SMILES string of the molecule is CCOC(=O)c1c(N)nsc1NCCN(C(C)C)C(C)C. The number of nitrogen functional groups attached to an aromatic ring is 1. The Kier molecular flexibility index (Phi) is 6.91. The molecule has 0 aliphatic carbocycles. The molecule has 1 rings (SSSR count). The number of nitrogens with one attached hydrogen (secondary N) is 1. The third kappa shape index (κ3) is 4.86. The lowest BCUT2D eigenvalue weighted by Crippen LogP contribution is -2.40. The topological polar surface area (TPSA) is 80.5 Å². The van der Waals surface area contributed by atoms with Crippen molar-refractivity contribution in [2.75, 3.05) is 30.7 Å². The van der Waals surface area contributed by atoms with Crippen LogP contribution in [0.25, 0.3) is 0 Å². The number of nitrogens with two attached hydrogens (primary N) is 1. The Labute approximate surface area is 130 Å². The first-order valence-corrected chi connectivity index (χ1v) is 8.07. The van der Waals surface area contributed by atoms with Crippen molar-refractivity contribution in [2.24, 2.45) is 0 Å². The van der Waals surface area contributed by atoms with E-state index in [0.717, 1.165) is 13.1 Å². The van der Waals surface area contributed by atoms with Gasteiger partial charge < -0.3 is 15.8 Å². The molecule has 0 aliphatic heterocycles. The first-order chi connectivity index (χ1) is 9.88. The van der Waals surface area contributed by atoms with Crippen LogP contribution in [-0.4, -0.2) is 47.0 Å². The molecule has 1 aromatic rings. The van der Waals surface area contributed by atoms with Gasteiger partial charge in [-0.15, -0.1) is 0 Å². The largest absolute Gasteiger partial charge is 0.462 e. The van der Waals surface area contributed by atoms with E-state index in [2.05, 4.69) is 42.3 Å². The summed E-state index contributed by atoms with van der Waals surface area (Å²) in [5, 5.41) is 3.93. The molecule has 1 aromatic heterocycles. The van der Waals surface area contributed by atoms with Crippen molar-refractivity contribution in [1.29, 1.82) is 0 Å². The minimum atomic E-state index is -0.421. The molecule has 0 radical (unpaired) electrons. The zero-order chi connectivity index (χ0) is 16.0. The summed E-state index contributed by atoms with van der Waals surface area (Å²) < 4.78 is 9.04. The highest BCUT2D eigenvalue weighted by molar-refractivity contribution is 7.11. The molecule has 7 heteroatoms. The molecular weight excluding hydrogens is 288 g/mol. The Bertz CT molecular complexity index is 452. The summed E-state index contributed by atoms with van der Waals surface area (Å²) in [5.41, 5.74) is 6.10. The maximum absolute atomic E-state index is 11.9. The van der Waals surface area contributed by atoms with Gasteiger partial charge in [0.1, 0.15) is 10.6 Å². The lowest BCUT2D eigenvalue weighted by Gasteiger charge is -2.30. The molecule has 0 fully saturated rings. The van der Waals surface area contributed by atoms with Crippen LogP contribution < -0.4 is 11.1 Å². The summed E-state index contributed by atoms with van der Waals surface area (Å²) >= 11 is 1.19. The van der Waals surface area contributed by atoms with Gasteiger partial charge in [0.05, 0.1) is 6.61 Å². The van der Waals surface area contributed by atoms with E-state index in [1.54, 1.807) is 6.92 Å². The number of carbonyl (C=O) groups excluding carboxylic acids is 1. The standard InChI is InChI=1S/C14H26N4O2S/c1-6-20-14(19)11-12(15)17-21-13(11)16-7-8-18(9(2)3)10(4)5/h9-10,16H,6-8H2,1-5H3,(H2,15,17). The summed E-state index contributed by atoms with van der Waals surface area (Å²) in [6.07, 6.45) is 0. The van der Waals surface area contributed by atoms with Gasteiger partial charge in [0.25, 0.3) is 0 Å². The Morgan fingerprint density at radius 1 is 1.38 bits per heavy atom. The number of aromatic nitrogens is 1. The summed E-state index contributed by atoms with van der Waals surface area (Å²) in [6.45, 7) is 12.4. The van der Waals surface area contributed by atoms with Crippen LogP contribution in [0.3, 0.4) is 0 Å². The van der Waals surface area contributed by atoms with Crippen LogP contribution in [0.1, 0.15) is 45.0 Å². The van der Waals surface area contributed by atoms with Gasteiger partial charge >= 0.3 is 5.97 Å². The summed E-state index contributed by atoms with van der Waals surface area (Å²) in [6, 6.07) is 0.950. The molecule has 0 bridgehead atoms. The normalized spacial score (nSPS) is 11.4. The van der Waals surface area contributed by atoms with Gasteiger partial charge in [0.2, 0.25) is 0 Å². The van der Waals surface area contributed by atoms with E-state index < -0.39 is 5.97 Å². The van der Waals surface area contributed by atoms with Gasteiger partial charge in [-0.2, -0.15) is 4.37 Å². The fourth-order valence-corrected chi connectivity index (χ4v) is 2.96. The van der Waals surface area contributed by atoms with E-state index >= 15 is 0 Å². The zero-order valence-corrected chi connectivity index (χ0v) is 14.3. The van der Waals surface area contributed by atoms with Gasteiger partial charge in [0.15, 0.2) is 5.82 Å². The van der Waals surface area contributed by atoms with E-state index in [0.29, 0.717) is 29.3 Å². The smallest absolute Gasteiger partial charge is 0.344 e. The lowest BCUT2D eigenvalue weighted by atomic mass is 10.2. The van der Waals surface area contributed by atoms with E-state index in [1.807, 2.05) is 0 Å². The van der Waals surface area contributed by atoms with Crippen molar-refractivity contribution in [1.82, 2.24) is 9.27 Å². The van der Waals surface area contributed by atoms with E-state index in [9.17, 15) is 4.79 Å². The molecule has 3 N–H and O–H groups in total. The third-order valence-electron chi connectivity index (χ3n) is 3.18. The second-order valence-electron chi connectivity index (χ2n) is 5.34. The molecule has 0 amide bonds. The second kappa shape index (κ2) is 8.19. The number of hydrogen-bond acceptors (Lipinski definition) is 7. The zero-order valence-electron chi connectivity index (χ0n) is 13.5. The van der Waals surface area contributed by atoms with Crippen molar-refractivity contribution in [3.05, 3.63) is 5.56 Å². The number of anilines is 2. The highest BCUT2D eigenvalue weighted by Gasteiger charge is 2.20. The predicted octanol–water partition coefficient (Wildman–Crippen LogP) is 2.43. The molecule has 6 nitrogen and oxygen atoms in total. The van der Waals surface area contributed by atoms with Gasteiger partial charge in [0, 0.05) is 25.2 Å². The molecule has 1 heterocycles. The van der Waals surface area contributed by atoms with Crippen LogP contribution in [0.15, 0.2) is 0 Å².